The summed E-state index contributed by atoms with van der Waals surface area (Å²) in [7, 11) is 0. The third-order valence-corrected chi connectivity index (χ3v) is 3.33. The van der Waals surface area contributed by atoms with Crippen molar-refractivity contribution in [2.75, 3.05) is 0 Å². The zero-order chi connectivity index (χ0) is 12.6. The topological polar surface area (TPSA) is 30.2 Å². The Balaban J connectivity index is 2.40. The van der Waals surface area contributed by atoms with Gasteiger partial charge in [0, 0.05) is 11.3 Å². The highest BCUT2D eigenvalue weighted by Crippen LogP contribution is 2.24. The number of benzene rings is 1. The summed E-state index contributed by atoms with van der Waals surface area (Å²) in [5.74, 6) is 0.898. The predicted octanol–water partition coefficient (Wildman–Crippen LogP) is 4.22. The van der Waals surface area contributed by atoms with Crippen LogP contribution in [0.4, 0.5) is 0 Å². The molecule has 0 aliphatic carbocycles. The van der Waals surface area contributed by atoms with Crippen LogP contribution in [0.25, 0.3) is 11.0 Å². The minimum absolute atomic E-state index is 0.00309. The zero-order valence-corrected chi connectivity index (χ0v) is 10.8. The van der Waals surface area contributed by atoms with Gasteiger partial charge in [-0.15, -0.1) is 0 Å². The fourth-order valence-electron chi connectivity index (χ4n) is 1.81. The molecule has 0 bridgehead atoms. The van der Waals surface area contributed by atoms with Gasteiger partial charge in [-0.2, -0.15) is 0 Å². The second-order valence-corrected chi connectivity index (χ2v) is 5.05. The largest absolute Gasteiger partial charge is 0.453 e. The Bertz CT molecular complexity index is 549. The molecule has 0 saturated heterocycles. The van der Waals surface area contributed by atoms with Crippen molar-refractivity contribution in [2.24, 2.45) is 11.8 Å². The number of Topliss-reactive ketones (excluding diaryl/α,β-unsaturated/α-hetero) is 1. The van der Waals surface area contributed by atoms with E-state index in [9.17, 15) is 4.79 Å². The van der Waals surface area contributed by atoms with E-state index in [1.807, 2.05) is 38.1 Å². The number of aryl methyl sites for hydroxylation is 1. The van der Waals surface area contributed by atoms with E-state index >= 15 is 0 Å². The van der Waals surface area contributed by atoms with Crippen LogP contribution in [0, 0.1) is 18.8 Å². The van der Waals surface area contributed by atoms with Crippen LogP contribution in [0.1, 0.15) is 36.9 Å². The first-order chi connectivity index (χ1) is 7.99. The summed E-state index contributed by atoms with van der Waals surface area (Å²) < 4.78 is 5.61. The molecule has 90 valence electrons. The van der Waals surface area contributed by atoms with Crippen LogP contribution < -0.4 is 0 Å². The summed E-state index contributed by atoms with van der Waals surface area (Å²) in [6.07, 6.45) is 0. The molecule has 0 spiro atoms. The predicted molar refractivity (Wildman–Crippen MR) is 69.3 cm³/mol. The van der Waals surface area contributed by atoms with Gasteiger partial charge in [-0.3, -0.25) is 4.79 Å². The lowest BCUT2D eigenvalue weighted by Crippen LogP contribution is -2.16. The summed E-state index contributed by atoms with van der Waals surface area (Å²) >= 11 is 0. The Hall–Kier alpha value is -1.57. The molecule has 1 aromatic heterocycles. The van der Waals surface area contributed by atoms with Crippen molar-refractivity contribution in [3.8, 4) is 0 Å². The fraction of sp³-hybridized carbons (Fsp3) is 0.400. The van der Waals surface area contributed by atoms with Crippen molar-refractivity contribution in [1.82, 2.24) is 0 Å². The summed E-state index contributed by atoms with van der Waals surface area (Å²) in [5.41, 5.74) is 1.96. The van der Waals surface area contributed by atoms with Gasteiger partial charge in [0.2, 0.25) is 5.78 Å². The Morgan fingerprint density at radius 2 is 1.88 bits per heavy atom. The SMILES string of the molecule is Cc1ccc2oc(C(=O)C(C)C(C)C)cc2c1. The summed E-state index contributed by atoms with van der Waals surface area (Å²) in [6.45, 7) is 8.08. The van der Waals surface area contributed by atoms with Gasteiger partial charge in [0.25, 0.3) is 0 Å². The number of furan rings is 1. The Labute approximate surface area is 102 Å². The van der Waals surface area contributed by atoms with E-state index in [-0.39, 0.29) is 11.7 Å². The number of carbonyl (C=O) groups is 1. The van der Waals surface area contributed by atoms with Crippen molar-refractivity contribution in [2.45, 2.75) is 27.7 Å². The number of hydrogen-bond acceptors (Lipinski definition) is 2. The van der Waals surface area contributed by atoms with E-state index < -0.39 is 0 Å². The van der Waals surface area contributed by atoms with E-state index in [0.29, 0.717) is 11.7 Å². The molecule has 17 heavy (non-hydrogen) atoms. The van der Waals surface area contributed by atoms with E-state index in [1.165, 1.54) is 5.56 Å². The molecular weight excluding hydrogens is 212 g/mol. The fourth-order valence-corrected chi connectivity index (χ4v) is 1.81. The Kier molecular flexibility index (Phi) is 3.05. The molecular formula is C15H18O2. The monoisotopic (exact) mass is 230 g/mol. The van der Waals surface area contributed by atoms with Gasteiger partial charge in [0.05, 0.1) is 0 Å². The maximum Gasteiger partial charge on any atom is 0.201 e. The smallest absolute Gasteiger partial charge is 0.201 e. The normalized spacial score (nSPS) is 13.2. The second-order valence-electron chi connectivity index (χ2n) is 5.05. The molecule has 0 amide bonds. The first-order valence-electron chi connectivity index (χ1n) is 6.03. The van der Waals surface area contributed by atoms with Gasteiger partial charge in [0.15, 0.2) is 5.76 Å². The molecule has 1 unspecified atom stereocenters. The quantitative estimate of drug-likeness (QED) is 0.739. The average molecular weight is 230 g/mol. The molecule has 0 radical (unpaired) electrons. The van der Waals surface area contributed by atoms with Gasteiger partial charge in [0.1, 0.15) is 5.58 Å². The van der Waals surface area contributed by atoms with Crippen LogP contribution in [-0.2, 0) is 0 Å². The summed E-state index contributed by atoms with van der Waals surface area (Å²) in [4.78, 5) is 12.1. The molecule has 1 aromatic carbocycles. The van der Waals surface area contributed by atoms with E-state index in [4.69, 9.17) is 4.42 Å². The molecule has 0 saturated carbocycles. The van der Waals surface area contributed by atoms with E-state index in [2.05, 4.69) is 13.8 Å². The van der Waals surface area contributed by atoms with E-state index in [1.54, 1.807) is 0 Å². The maximum atomic E-state index is 12.1. The number of carbonyl (C=O) groups excluding carboxylic acids is 1. The summed E-state index contributed by atoms with van der Waals surface area (Å²) in [6, 6.07) is 7.80. The molecule has 0 fully saturated rings. The average Bonchev–Trinajstić information content (AvgIpc) is 2.69. The van der Waals surface area contributed by atoms with Crippen LogP contribution in [0.2, 0.25) is 0 Å². The van der Waals surface area contributed by atoms with Crippen LogP contribution in [0.3, 0.4) is 0 Å². The highest BCUT2D eigenvalue weighted by atomic mass is 16.3. The summed E-state index contributed by atoms with van der Waals surface area (Å²) in [5, 5.41) is 1.00. The molecule has 2 aromatic rings. The molecule has 0 N–H and O–H groups in total. The second kappa shape index (κ2) is 4.36. The first-order valence-corrected chi connectivity index (χ1v) is 6.03. The van der Waals surface area contributed by atoms with Crippen molar-refractivity contribution in [3.63, 3.8) is 0 Å². The van der Waals surface area contributed by atoms with Crippen molar-refractivity contribution < 1.29 is 9.21 Å². The molecule has 1 atom stereocenters. The van der Waals surface area contributed by atoms with Crippen LogP contribution >= 0.6 is 0 Å². The van der Waals surface area contributed by atoms with Gasteiger partial charge in [-0.05, 0) is 31.0 Å². The van der Waals surface area contributed by atoms with E-state index in [0.717, 1.165) is 11.0 Å². The molecule has 0 aliphatic rings. The van der Waals surface area contributed by atoms with Gasteiger partial charge < -0.3 is 4.42 Å². The number of ketones is 1. The highest BCUT2D eigenvalue weighted by Gasteiger charge is 2.21. The number of fused-ring (bicyclic) bond motifs is 1. The maximum absolute atomic E-state index is 12.1. The van der Waals surface area contributed by atoms with Crippen molar-refractivity contribution in [1.29, 1.82) is 0 Å². The lowest BCUT2D eigenvalue weighted by Gasteiger charge is -2.11. The zero-order valence-electron chi connectivity index (χ0n) is 10.8. The third kappa shape index (κ3) is 2.26. The van der Waals surface area contributed by atoms with Gasteiger partial charge in [-0.1, -0.05) is 32.4 Å². The molecule has 2 rings (SSSR count). The highest BCUT2D eigenvalue weighted by molar-refractivity contribution is 5.99. The van der Waals surface area contributed by atoms with Crippen LogP contribution in [0.15, 0.2) is 28.7 Å². The molecule has 2 heteroatoms. The van der Waals surface area contributed by atoms with Crippen LogP contribution in [-0.4, -0.2) is 5.78 Å². The Morgan fingerprint density at radius 3 is 2.53 bits per heavy atom. The van der Waals surface area contributed by atoms with Crippen molar-refractivity contribution in [3.05, 3.63) is 35.6 Å². The molecule has 1 heterocycles. The molecule has 2 nitrogen and oxygen atoms in total. The minimum atomic E-state index is -0.00309. The van der Waals surface area contributed by atoms with Crippen LogP contribution in [0.5, 0.6) is 0 Å². The van der Waals surface area contributed by atoms with Gasteiger partial charge in [-0.25, -0.2) is 0 Å². The van der Waals surface area contributed by atoms with Gasteiger partial charge >= 0.3 is 0 Å². The van der Waals surface area contributed by atoms with Crippen molar-refractivity contribution >= 4 is 16.8 Å². The Morgan fingerprint density at radius 1 is 1.18 bits per heavy atom. The first kappa shape index (κ1) is 11.9. The third-order valence-electron chi connectivity index (χ3n) is 3.33. The standard InChI is InChI=1S/C15H18O2/c1-9(2)11(4)15(16)14-8-12-7-10(3)5-6-13(12)17-14/h5-9,11H,1-4H3. The number of hydrogen-bond donors (Lipinski definition) is 0. The minimum Gasteiger partial charge on any atom is -0.453 e. The lowest BCUT2D eigenvalue weighted by atomic mass is 9.92. The molecule has 0 aliphatic heterocycles. The number of rotatable bonds is 3. The lowest BCUT2D eigenvalue weighted by molar-refractivity contribution is 0.0873.